The number of hydrogen-bond acceptors (Lipinski definition) is 8. The van der Waals surface area contributed by atoms with Crippen molar-refractivity contribution in [3.05, 3.63) is 90.1 Å². The van der Waals surface area contributed by atoms with Gasteiger partial charge >= 0.3 is 12.1 Å². The second kappa shape index (κ2) is 16.2. The fourth-order valence-corrected chi connectivity index (χ4v) is 6.66. The van der Waals surface area contributed by atoms with Crippen molar-refractivity contribution in [2.75, 3.05) is 25.1 Å². The Hall–Kier alpha value is -5.25. The minimum atomic E-state index is -0.701. The van der Waals surface area contributed by atoms with E-state index in [-0.39, 0.29) is 43.2 Å². The van der Waals surface area contributed by atoms with E-state index in [0.29, 0.717) is 31.6 Å². The third kappa shape index (κ3) is 9.31. The number of Topliss-reactive ketones (excluding diaryl/α,β-unsaturated/α-hetero) is 1. The first-order valence-electron chi connectivity index (χ1n) is 17.5. The third-order valence-corrected chi connectivity index (χ3v) is 9.19. The molecule has 2 heterocycles. The number of likely N-dealkylation sites (tertiary alicyclic amines) is 1. The van der Waals surface area contributed by atoms with E-state index in [1.54, 1.807) is 44.0 Å². The lowest BCUT2D eigenvalue weighted by Gasteiger charge is -2.28. The average molecular weight is 694 g/mol. The van der Waals surface area contributed by atoms with Crippen molar-refractivity contribution in [1.82, 2.24) is 9.88 Å². The lowest BCUT2D eigenvalue weighted by atomic mass is 9.87. The molecule has 1 aliphatic heterocycles. The largest absolute Gasteiger partial charge is 0.507 e. The van der Waals surface area contributed by atoms with Gasteiger partial charge in [0.15, 0.2) is 5.78 Å². The van der Waals surface area contributed by atoms with Crippen LogP contribution in [0.3, 0.4) is 0 Å². The van der Waals surface area contributed by atoms with E-state index in [1.807, 2.05) is 67.6 Å². The molecule has 0 bridgehead atoms. The van der Waals surface area contributed by atoms with Gasteiger partial charge in [0.2, 0.25) is 5.91 Å². The quantitative estimate of drug-likeness (QED) is 0.149. The molecular weight excluding hydrogens is 646 g/mol. The Kier molecular flexibility index (Phi) is 11.7. The predicted molar refractivity (Wildman–Crippen MR) is 197 cm³/mol. The van der Waals surface area contributed by atoms with Crippen molar-refractivity contribution in [3.63, 3.8) is 0 Å². The summed E-state index contributed by atoms with van der Waals surface area (Å²) in [6, 6.07) is 22.0. The number of phenolic OH excluding ortho intramolecular Hbond substituents is 1. The van der Waals surface area contributed by atoms with Crippen molar-refractivity contribution in [2.45, 2.75) is 83.8 Å². The average Bonchev–Trinajstić information content (AvgIpc) is 3.60. The first-order valence-corrected chi connectivity index (χ1v) is 17.5. The van der Waals surface area contributed by atoms with Crippen LogP contribution in [-0.2, 0) is 23.9 Å². The first-order chi connectivity index (χ1) is 24.3. The van der Waals surface area contributed by atoms with E-state index in [4.69, 9.17) is 9.47 Å². The number of rotatable bonds is 12. The zero-order valence-corrected chi connectivity index (χ0v) is 30.1. The maximum absolute atomic E-state index is 13.9. The zero-order valence-electron chi connectivity index (χ0n) is 30.1. The maximum atomic E-state index is 13.9. The SMILES string of the molecule is COC(=O)C[C@H](CC(=O)[C@H]1CCCN1C(=O)CCCN(C(=O)OC(C)(C)C)c1cc(C)ccn1)c1ccc(-c2ccc(O)c3ccccc23)cc1. The molecule has 1 aromatic heterocycles. The van der Waals surface area contributed by atoms with Gasteiger partial charge in [-0.1, -0.05) is 54.6 Å². The number of aromatic hydroxyl groups is 1. The number of carbonyl (C=O) groups excluding carboxylic acids is 4. The van der Waals surface area contributed by atoms with Gasteiger partial charge < -0.3 is 19.5 Å². The van der Waals surface area contributed by atoms with Crippen molar-refractivity contribution in [3.8, 4) is 16.9 Å². The monoisotopic (exact) mass is 693 g/mol. The van der Waals surface area contributed by atoms with Crippen molar-refractivity contribution >= 4 is 40.3 Å². The Morgan fingerprint density at radius 3 is 2.39 bits per heavy atom. The van der Waals surface area contributed by atoms with E-state index in [2.05, 4.69) is 4.98 Å². The highest BCUT2D eigenvalue weighted by molar-refractivity contribution is 6.00. The summed E-state index contributed by atoms with van der Waals surface area (Å²) >= 11 is 0. The van der Waals surface area contributed by atoms with E-state index in [9.17, 15) is 24.3 Å². The number of esters is 1. The summed E-state index contributed by atoms with van der Waals surface area (Å²) in [6.45, 7) is 8.00. The number of aryl methyl sites for hydroxylation is 1. The third-order valence-electron chi connectivity index (χ3n) is 9.19. The Labute approximate surface area is 299 Å². The minimum Gasteiger partial charge on any atom is -0.507 e. The number of anilines is 1. The molecule has 0 saturated carbocycles. The number of ether oxygens (including phenoxy) is 2. The highest BCUT2D eigenvalue weighted by atomic mass is 16.6. The molecule has 2 atom stereocenters. The van der Waals surface area contributed by atoms with Crippen LogP contribution in [0.25, 0.3) is 21.9 Å². The van der Waals surface area contributed by atoms with E-state index in [1.165, 1.54) is 12.0 Å². The predicted octanol–water partition coefficient (Wildman–Crippen LogP) is 7.73. The van der Waals surface area contributed by atoms with Gasteiger partial charge in [-0.2, -0.15) is 0 Å². The summed E-state index contributed by atoms with van der Waals surface area (Å²) in [6.07, 6.45) is 2.97. The lowest BCUT2D eigenvalue weighted by Crippen LogP contribution is -2.42. The number of carbonyl (C=O) groups is 4. The molecule has 4 aromatic rings. The number of ketones is 1. The molecule has 1 aliphatic rings. The van der Waals surface area contributed by atoms with Gasteiger partial charge in [-0.05, 0) is 92.8 Å². The van der Waals surface area contributed by atoms with Crippen LogP contribution in [0, 0.1) is 6.92 Å². The number of fused-ring (bicyclic) bond motifs is 1. The second-order valence-corrected chi connectivity index (χ2v) is 14.1. The number of hydrogen-bond donors (Lipinski definition) is 1. The molecule has 10 nitrogen and oxygen atoms in total. The molecule has 1 saturated heterocycles. The number of nitrogens with zero attached hydrogens (tertiary/aromatic N) is 3. The molecule has 1 N–H and O–H groups in total. The molecule has 10 heteroatoms. The molecule has 0 aliphatic carbocycles. The summed E-state index contributed by atoms with van der Waals surface area (Å²) in [7, 11) is 1.33. The van der Waals surface area contributed by atoms with Crippen LogP contribution in [0.15, 0.2) is 79.0 Å². The number of benzene rings is 3. The fourth-order valence-electron chi connectivity index (χ4n) is 6.66. The van der Waals surface area contributed by atoms with E-state index >= 15 is 0 Å². The molecule has 268 valence electrons. The lowest BCUT2D eigenvalue weighted by molar-refractivity contribution is -0.141. The molecule has 1 fully saturated rings. The number of methoxy groups -OCH3 is 1. The van der Waals surface area contributed by atoms with Crippen LogP contribution >= 0.6 is 0 Å². The molecule has 3 aromatic carbocycles. The molecule has 5 rings (SSSR count). The zero-order chi connectivity index (χ0) is 36.7. The Balaban J connectivity index is 1.26. The number of aromatic nitrogens is 1. The summed E-state index contributed by atoms with van der Waals surface area (Å²) in [5.74, 6) is -0.433. The summed E-state index contributed by atoms with van der Waals surface area (Å²) < 4.78 is 10.6. The highest BCUT2D eigenvalue weighted by Crippen LogP contribution is 2.35. The molecule has 0 spiro atoms. The van der Waals surface area contributed by atoms with Crippen LogP contribution < -0.4 is 4.90 Å². The summed E-state index contributed by atoms with van der Waals surface area (Å²) in [5.41, 5.74) is 2.96. The maximum Gasteiger partial charge on any atom is 0.416 e. The standard InChI is InChI=1S/C41H47N3O7/c1-27-20-21-42-37(24-27)44(40(49)51-41(2,3)4)23-9-13-38(47)43-22-8-12-34(43)36(46)25-30(26-39(48)50-5)28-14-16-29(17-15-28)31-18-19-35(45)33-11-7-6-10-32(31)33/h6-7,10-11,14-21,24,30,34,45H,8-9,12-13,22-23,25-26H2,1-5H3/t30-,34+/m0/s1. The van der Waals surface area contributed by atoms with E-state index in [0.717, 1.165) is 33.0 Å². The van der Waals surface area contributed by atoms with Gasteiger partial charge in [-0.3, -0.25) is 19.3 Å². The van der Waals surface area contributed by atoms with Gasteiger partial charge in [0, 0.05) is 43.4 Å². The van der Waals surface area contributed by atoms with Crippen LogP contribution in [0.4, 0.5) is 10.6 Å². The van der Waals surface area contributed by atoms with Gasteiger partial charge in [-0.15, -0.1) is 0 Å². The molecule has 51 heavy (non-hydrogen) atoms. The van der Waals surface area contributed by atoms with Crippen molar-refractivity contribution in [2.24, 2.45) is 0 Å². The fraction of sp³-hybridized carbons (Fsp3) is 0.390. The van der Waals surface area contributed by atoms with Crippen molar-refractivity contribution in [1.29, 1.82) is 0 Å². The van der Waals surface area contributed by atoms with Crippen LogP contribution in [-0.4, -0.2) is 70.6 Å². The molecular formula is C41H47N3O7. The minimum absolute atomic E-state index is 0.0257. The highest BCUT2D eigenvalue weighted by Gasteiger charge is 2.35. The summed E-state index contributed by atoms with van der Waals surface area (Å²) in [4.78, 5) is 60.4. The number of pyridine rings is 1. The Morgan fingerprint density at radius 2 is 1.71 bits per heavy atom. The van der Waals surface area contributed by atoms with Crippen LogP contribution in [0.5, 0.6) is 5.75 Å². The Morgan fingerprint density at radius 1 is 0.980 bits per heavy atom. The second-order valence-electron chi connectivity index (χ2n) is 14.1. The molecule has 0 unspecified atom stereocenters. The van der Waals surface area contributed by atoms with Crippen LogP contribution in [0.1, 0.15) is 76.3 Å². The number of phenols is 1. The van der Waals surface area contributed by atoms with Crippen LogP contribution in [0.2, 0.25) is 0 Å². The normalized spacial score (nSPS) is 15.0. The van der Waals surface area contributed by atoms with Crippen molar-refractivity contribution < 1.29 is 33.8 Å². The van der Waals surface area contributed by atoms with E-state index < -0.39 is 29.6 Å². The molecule has 0 radical (unpaired) electrons. The van der Waals surface area contributed by atoms with Gasteiger partial charge in [0.1, 0.15) is 17.2 Å². The molecule has 2 amide bonds. The first kappa shape index (κ1) is 37.0. The van der Waals surface area contributed by atoms with Gasteiger partial charge in [-0.25, -0.2) is 9.78 Å². The van der Waals surface area contributed by atoms with Gasteiger partial charge in [0.05, 0.1) is 19.6 Å². The summed E-state index contributed by atoms with van der Waals surface area (Å²) in [5, 5.41) is 12.0. The van der Waals surface area contributed by atoms with Gasteiger partial charge in [0.25, 0.3) is 0 Å². The topological polar surface area (TPSA) is 126 Å². The Bertz CT molecular complexity index is 1880. The number of amides is 2. The smallest absolute Gasteiger partial charge is 0.416 e.